The van der Waals surface area contributed by atoms with Crippen LogP contribution >= 0.6 is 0 Å². The lowest BCUT2D eigenvalue weighted by atomic mass is 10.1. The van der Waals surface area contributed by atoms with Gasteiger partial charge in [0.15, 0.2) is 0 Å². The first-order chi connectivity index (χ1) is 11.4. The van der Waals surface area contributed by atoms with Gasteiger partial charge in [0.1, 0.15) is 23.6 Å². The molecule has 1 saturated heterocycles. The van der Waals surface area contributed by atoms with Gasteiger partial charge in [-0.1, -0.05) is 12.1 Å². The molecule has 0 aliphatic carbocycles. The van der Waals surface area contributed by atoms with Crippen LogP contribution in [0.3, 0.4) is 0 Å². The molecule has 1 fully saturated rings. The fourth-order valence-corrected chi connectivity index (χ4v) is 2.84. The van der Waals surface area contributed by atoms with Gasteiger partial charge in [-0.25, -0.2) is 9.07 Å². The van der Waals surface area contributed by atoms with Gasteiger partial charge in [0.2, 0.25) is 11.8 Å². The van der Waals surface area contributed by atoms with E-state index in [1.54, 1.807) is 51.5 Å². The van der Waals surface area contributed by atoms with Crippen molar-refractivity contribution < 1.29 is 14.0 Å². The average Bonchev–Trinajstić information content (AvgIpc) is 3.04. The number of amides is 2. The van der Waals surface area contributed by atoms with Gasteiger partial charge in [-0.3, -0.25) is 9.59 Å². The molecule has 7 heteroatoms. The second-order valence-electron chi connectivity index (χ2n) is 6.01. The number of rotatable bonds is 3. The Morgan fingerprint density at radius 1 is 1.12 bits per heavy atom. The zero-order valence-electron chi connectivity index (χ0n) is 13.8. The summed E-state index contributed by atoms with van der Waals surface area (Å²) in [5.41, 5.74) is 1.08. The maximum atomic E-state index is 13.8. The number of piperazine rings is 1. The number of likely N-dealkylation sites (N-methyl/N-ethyl adjacent to an activating group) is 1. The van der Waals surface area contributed by atoms with Crippen LogP contribution in [0.4, 0.5) is 4.39 Å². The lowest BCUT2D eigenvalue weighted by molar-refractivity contribution is -0.159. The van der Waals surface area contributed by atoms with Crippen molar-refractivity contribution in [2.75, 3.05) is 7.05 Å². The minimum atomic E-state index is -0.532. The van der Waals surface area contributed by atoms with Crippen LogP contribution in [-0.2, 0) is 16.1 Å². The molecule has 2 heterocycles. The van der Waals surface area contributed by atoms with E-state index in [-0.39, 0.29) is 24.2 Å². The Hall–Kier alpha value is -2.70. The number of hydrogen-bond acceptors (Lipinski definition) is 3. The molecule has 0 radical (unpaired) electrons. The molecular weight excluding hydrogens is 311 g/mol. The Morgan fingerprint density at radius 2 is 1.83 bits per heavy atom. The van der Waals surface area contributed by atoms with E-state index in [1.165, 1.54) is 20.5 Å². The third-order valence-electron chi connectivity index (χ3n) is 4.48. The maximum absolute atomic E-state index is 13.8. The predicted molar refractivity (Wildman–Crippen MR) is 85.8 cm³/mol. The summed E-state index contributed by atoms with van der Waals surface area (Å²) in [6, 6.07) is 5.31. The standard InChI is InChI=1S/C17H19FN4O2/c1-11-17(24)21(12(2)16(23)20(11)3)9-13-8-19-22(10-13)15-7-5-4-6-14(15)18/h4-8,10-12H,9H2,1-3H3/t11-,12-/m0/s1. The number of nitrogens with zero attached hydrogens (tertiary/aromatic N) is 4. The predicted octanol–water partition coefficient (Wildman–Crippen LogP) is 1.59. The fraction of sp³-hybridized carbons (Fsp3) is 0.353. The highest BCUT2D eigenvalue weighted by Crippen LogP contribution is 2.20. The van der Waals surface area contributed by atoms with Crippen LogP contribution in [0.1, 0.15) is 19.4 Å². The summed E-state index contributed by atoms with van der Waals surface area (Å²) < 4.78 is 15.3. The Balaban J connectivity index is 1.83. The molecule has 2 amide bonds. The normalized spacial score (nSPS) is 21.5. The van der Waals surface area contributed by atoms with Crippen LogP contribution in [0.25, 0.3) is 5.69 Å². The molecule has 2 aromatic rings. The number of para-hydroxylation sites is 1. The zero-order valence-corrected chi connectivity index (χ0v) is 13.8. The molecule has 2 atom stereocenters. The molecule has 3 rings (SSSR count). The molecule has 1 aliphatic heterocycles. The van der Waals surface area contributed by atoms with E-state index in [9.17, 15) is 14.0 Å². The maximum Gasteiger partial charge on any atom is 0.246 e. The number of benzene rings is 1. The fourth-order valence-electron chi connectivity index (χ4n) is 2.84. The van der Waals surface area contributed by atoms with Crippen molar-refractivity contribution in [3.05, 3.63) is 48.0 Å². The van der Waals surface area contributed by atoms with Gasteiger partial charge in [0.05, 0.1) is 6.20 Å². The number of carbonyl (C=O) groups is 2. The van der Waals surface area contributed by atoms with E-state index < -0.39 is 12.1 Å². The van der Waals surface area contributed by atoms with Crippen LogP contribution in [0.15, 0.2) is 36.7 Å². The van der Waals surface area contributed by atoms with Gasteiger partial charge >= 0.3 is 0 Å². The molecular formula is C17H19FN4O2. The quantitative estimate of drug-likeness (QED) is 0.859. The first kappa shape index (κ1) is 16.2. The third-order valence-corrected chi connectivity index (χ3v) is 4.48. The highest BCUT2D eigenvalue weighted by Gasteiger charge is 2.39. The third kappa shape index (κ3) is 2.66. The Kier molecular flexibility index (Phi) is 4.09. The number of halogens is 1. The molecule has 126 valence electrons. The van der Waals surface area contributed by atoms with E-state index in [0.29, 0.717) is 5.69 Å². The Labute approximate surface area is 139 Å². The van der Waals surface area contributed by atoms with Gasteiger partial charge in [-0.15, -0.1) is 0 Å². The highest BCUT2D eigenvalue weighted by atomic mass is 19.1. The van der Waals surface area contributed by atoms with Crippen LogP contribution in [0, 0.1) is 5.82 Å². The SMILES string of the molecule is C[C@H]1C(=O)N(Cc2cnn(-c3ccccc3F)c2)[C@@H](C)C(=O)N1C. The largest absolute Gasteiger partial charge is 0.332 e. The minimum Gasteiger partial charge on any atom is -0.332 e. The van der Waals surface area contributed by atoms with Crippen molar-refractivity contribution in [3.8, 4) is 5.69 Å². The van der Waals surface area contributed by atoms with E-state index >= 15 is 0 Å². The van der Waals surface area contributed by atoms with Crippen molar-refractivity contribution in [1.82, 2.24) is 19.6 Å². The highest BCUT2D eigenvalue weighted by molar-refractivity contribution is 5.96. The molecule has 24 heavy (non-hydrogen) atoms. The van der Waals surface area contributed by atoms with Gasteiger partial charge in [0, 0.05) is 25.4 Å². The molecule has 0 N–H and O–H groups in total. The molecule has 0 spiro atoms. The summed E-state index contributed by atoms with van der Waals surface area (Å²) in [5.74, 6) is -0.577. The van der Waals surface area contributed by atoms with Crippen molar-refractivity contribution in [1.29, 1.82) is 0 Å². The lowest BCUT2D eigenvalue weighted by Crippen LogP contribution is -2.61. The summed E-state index contributed by atoms with van der Waals surface area (Å²) in [6.07, 6.45) is 3.26. The second kappa shape index (κ2) is 6.07. The van der Waals surface area contributed by atoms with Crippen molar-refractivity contribution in [2.24, 2.45) is 0 Å². The molecule has 0 unspecified atom stereocenters. The summed E-state index contributed by atoms with van der Waals surface area (Å²) in [4.78, 5) is 27.7. The van der Waals surface area contributed by atoms with Crippen LogP contribution in [0.5, 0.6) is 0 Å². The first-order valence-corrected chi connectivity index (χ1v) is 7.75. The topological polar surface area (TPSA) is 58.4 Å². The minimum absolute atomic E-state index is 0.0939. The van der Waals surface area contributed by atoms with Crippen molar-refractivity contribution in [2.45, 2.75) is 32.5 Å². The van der Waals surface area contributed by atoms with E-state index in [1.807, 2.05) is 0 Å². The summed E-state index contributed by atoms with van der Waals surface area (Å²) in [7, 11) is 1.63. The Bertz CT molecular complexity index is 788. The lowest BCUT2D eigenvalue weighted by Gasteiger charge is -2.40. The van der Waals surface area contributed by atoms with E-state index in [4.69, 9.17) is 0 Å². The molecule has 1 aliphatic rings. The van der Waals surface area contributed by atoms with E-state index in [0.717, 1.165) is 5.56 Å². The molecule has 1 aromatic heterocycles. The molecule has 0 bridgehead atoms. The van der Waals surface area contributed by atoms with Crippen LogP contribution < -0.4 is 0 Å². The van der Waals surface area contributed by atoms with Crippen molar-refractivity contribution >= 4 is 11.8 Å². The zero-order chi connectivity index (χ0) is 17.4. The average molecular weight is 330 g/mol. The number of hydrogen-bond donors (Lipinski definition) is 0. The van der Waals surface area contributed by atoms with Crippen molar-refractivity contribution in [3.63, 3.8) is 0 Å². The monoisotopic (exact) mass is 330 g/mol. The summed E-state index contributed by atoms with van der Waals surface area (Å²) in [6.45, 7) is 3.68. The van der Waals surface area contributed by atoms with Gasteiger partial charge in [-0.05, 0) is 26.0 Å². The molecule has 6 nitrogen and oxygen atoms in total. The van der Waals surface area contributed by atoms with Crippen LogP contribution in [0.2, 0.25) is 0 Å². The second-order valence-corrected chi connectivity index (χ2v) is 6.01. The Morgan fingerprint density at radius 3 is 2.54 bits per heavy atom. The number of carbonyl (C=O) groups excluding carboxylic acids is 2. The van der Waals surface area contributed by atoms with Crippen LogP contribution in [-0.4, -0.2) is 50.5 Å². The first-order valence-electron chi connectivity index (χ1n) is 7.75. The molecule has 1 aromatic carbocycles. The van der Waals surface area contributed by atoms with E-state index in [2.05, 4.69) is 5.10 Å². The smallest absolute Gasteiger partial charge is 0.246 e. The summed E-state index contributed by atoms with van der Waals surface area (Å²) >= 11 is 0. The van der Waals surface area contributed by atoms with Gasteiger partial charge < -0.3 is 9.80 Å². The molecule has 0 saturated carbocycles. The van der Waals surface area contributed by atoms with Gasteiger partial charge in [-0.2, -0.15) is 5.10 Å². The van der Waals surface area contributed by atoms with Gasteiger partial charge in [0.25, 0.3) is 0 Å². The summed E-state index contributed by atoms with van der Waals surface area (Å²) in [5, 5.41) is 4.16. The number of aromatic nitrogens is 2.